The van der Waals surface area contributed by atoms with Crippen LogP contribution >= 0.6 is 23.4 Å². The Labute approximate surface area is 98.2 Å². The minimum Gasteiger partial charge on any atom is -0.224 e. The van der Waals surface area contributed by atoms with Crippen molar-refractivity contribution in [2.75, 3.05) is 5.75 Å². The monoisotopic (exact) mass is 260 g/mol. The van der Waals surface area contributed by atoms with Crippen LogP contribution in [-0.4, -0.2) is 14.2 Å². The number of hydrogen-bond donors (Lipinski definition) is 0. The minimum atomic E-state index is -2.93. The van der Waals surface area contributed by atoms with Gasteiger partial charge in [0.05, 0.1) is 5.75 Å². The first-order chi connectivity index (χ1) is 7.05. The fourth-order valence-corrected chi connectivity index (χ4v) is 4.10. The van der Waals surface area contributed by atoms with Gasteiger partial charge in [-0.1, -0.05) is 23.4 Å². The SMILES string of the molecule is O=S1(=O)C=C(Sc2ccc(Cl)cc2)CC1. The highest BCUT2D eigenvalue weighted by Crippen LogP contribution is 2.33. The lowest BCUT2D eigenvalue weighted by Crippen LogP contribution is -1.92. The molecule has 0 radical (unpaired) electrons. The second-order valence-electron chi connectivity index (χ2n) is 3.26. The highest BCUT2D eigenvalue weighted by atomic mass is 35.5. The maximum absolute atomic E-state index is 11.2. The van der Waals surface area contributed by atoms with Crippen molar-refractivity contribution >= 4 is 33.2 Å². The van der Waals surface area contributed by atoms with Crippen molar-refractivity contribution in [3.63, 3.8) is 0 Å². The van der Waals surface area contributed by atoms with E-state index in [1.807, 2.05) is 12.1 Å². The number of sulfone groups is 1. The Morgan fingerprint density at radius 2 is 1.87 bits per heavy atom. The fraction of sp³-hybridized carbons (Fsp3) is 0.200. The smallest absolute Gasteiger partial charge is 0.172 e. The Bertz CT molecular complexity index is 489. The van der Waals surface area contributed by atoms with Crippen LogP contribution in [0.1, 0.15) is 6.42 Å². The Morgan fingerprint density at radius 3 is 2.40 bits per heavy atom. The number of thioether (sulfide) groups is 1. The predicted molar refractivity (Wildman–Crippen MR) is 63.8 cm³/mol. The zero-order valence-electron chi connectivity index (χ0n) is 7.81. The molecule has 0 aliphatic carbocycles. The molecule has 0 amide bonds. The molecular formula is C10H9ClO2S2. The third-order valence-corrected chi connectivity index (χ3v) is 4.92. The topological polar surface area (TPSA) is 34.1 Å². The number of halogens is 1. The highest BCUT2D eigenvalue weighted by Gasteiger charge is 2.18. The van der Waals surface area contributed by atoms with Gasteiger partial charge in [-0.15, -0.1) is 0 Å². The van der Waals surface area contributed by atoms with Gasteiger partial charge in [0.2, 0.25) is 0 Å². The van der Waals surface area contributed by atoms with Gasteiger partial charge in [-0.25, -0.2) is 8.42 Å². The van der Waals surface area contributed by atoms with Crippen LogP contribution in [0.15, 0.2) is 39.5 Å². The molecule has 15 heavy (non-hydrogen) atoms. The molecule has 0 unspecified atom stereocenters. The molecule has 0 saturated heterocycles. The van der Waals surface area contributed by atoms with Crippen molar-refractivity contribution in [3.8, 4) is 0 Å². The van der Waals surface area contributed by atoms with Gasteiger partial charge >= 0.3 is 0 Å². The van der Waals surface area contributed by atoms with Crippen LogP contribution in [-0.2, 0) is 9.84 Å². The van der Waals surface area contributed by atoms with Crippen molar-refractivity contribution in [1.29, 1.82) is 0 Å². The van der Waals surface area contributed by atoms with Gasteiger partial charge in [-0.3, -0.25) is 0 Å². The summed E-state index contributed by atoms with van der Waals surface area (Å²) in [5.41, 5.74) is 0. The van der Waals surface area contributed by atoms with Gasteiger partial charge in [0.15, 0.2) is 9.84 Å². The van der Waals surface area contributed by atoms with Gasteiger partial charge in [0.25, 0.3) is 0 Å². The fourth-order valence-electron chi connectivity index (χ4n) is 1.29. The average Bonchev–Trinajstić information content (AvgIpc) is 2.50. The largest absolute Gasteiger partial charge is 0.224 e. The van der Waals surface area contributed by atoms with E-state index >= 15 is 0 Å². The summed E-state index contributed by atoms with van der Waals surface area (Å²) < 4.78 is 22.3. The van der Waals surface area contributed by atoms with Crippen LogP contribution in [0.5, 0.6) is 0 Å². The van der Waals surface area contributed by atoms with E-state index in [9.17, 15) is 8.42 Å². The first kappa shape index (κ1) is 11.0. The third-order valence-electron chi connectivity index (χ3n) is 2.01. The molecule has 0 N–H and O–H groups in total. The molecule has 1 aliphatic heterocycles. The molecule has 0 fully saturated rings. The van der Waals surface area contributed by atoms with Crippen LogP contribution in [0.2, 0.25) is 5.02 Å². The van der Waals surface area contributed by atoms with E-state index in [0.717, 1.165) is 9.80 Å². The van der Waals surface area contributed by atoms with Gasteiger partial charge in [0.1, 0.15) is 0 Å². The van der Waals surface area contributed by atoms with E-state index in [-0.39, 0.29) is 5.75 Å². The normalized spacial score (nSPS) is 18.9. The zero-order valence-corrected chi connectivity index (χ0v) is 10.2. The van der Waals surface area contributed by atoms with Crippen LogP contribution in [0.3, 0.4) is 0 Å². The van der Waals surface area contributed by atoms with Crippen molar-refractivity contribution in [2.24, 2.45) is 0 Å². The summed E-state index contributed by atoms with van der Waals surface area (Å²) in [4.78, 5) is 1.92. The molecule has 0 saturated carbocycles. The summed E-state index contributed by atoms with van der Waals surface area (Å²) in [6.45, 7) is 0. The minimum absolute atomic E-state index is 0.239. The molecule has 2 rings (SSSR count). The Morgan fingerprint density at radius 1 is 1.20 bits per heavy atom. The summed E-state index contributed by atoms with van der Waals surface area (Å²) in [6.07, 6.45) is 0.621. The molecule has 1 heterocycles. The molecule has 0 atom stereocenters. The lowest BCUT2D eigenvalue weighted by atomic mass is 10.4. The molecule has 0 bridgehead atoms. The Hall–Kier alpha value is -0.450. The standard InChI is InChI=1S/C10H9ClO2S2/c11-8-1-3-9(4-2-8)14-10-5-6-15(12,13)7-10/h1-4,7H,5-6H2. The predicted octanol–water partition coefficient (Wildman–Crippen LogP) is 3.09. The molecular weight excluding hydrogens is 252 g/mol. The van der Waals surface area contributed by atoms with E-state index in [2.05, 4.69) is 0 Å². The number of hydrogen-bond acceptors (Lipinski definition) is 3. The van der Waals surface area contributed by atoms with Crippen LogP contribution < -0.4 is 0 Å². The average molecular weight is 261 g/mol. The van der Waals surface area contributed by atoms with E-state index in [4.69, 9.17) is 11.6 Å². The summed E-state index contributed by atoms with van der Waals surface area (Å²) in [7, 11) is -2.93. The second-order valence-corrected chi connectivity index (χ2v) is 6.86. The third kappa shape index (κ3) is 3.00. The van der Waals surface area contributed by atoms with Crippen LogP contribution in [0.4, 0.5) is 0 Å². The van der Waals surface area contributed by atoms with Crippen molar-refractivity contribution in [2.45, 2.75) is 11.3 Å². The maximum atomic E-state index is 11.2. The van der Waals surface area contributed by atoms with E-state index in [1.54, 1.807) is 12.1 Å². The zero-order chi connectivity index (χ0) is 10.9. The highest BCUT2D eigenvalue weighted by molar-refractivity contribution is 8.04. The summed E-state index contributed by atoms with van der Waals surface area (Å²) in [6, 6.07) is 7.37. The summed E-state index contributed by atoms with van der Waals surface area (Å²) in [5, 5.41) is 2.05. The number of benzene rings is 1. The molecule has 0 spiro atoms. The maximum Gasteiger partial charge on any atom is 0.172 e. The van der Waals surface area contributed by atoms with Crippen LogP contribution in [0.25, 0.3) is 0 Å². The number of rotatable bonds is 2. The molecule has 1 aliphatic rings. The Balaban J connectivity index is 2.14. The lowest BCUT2D eigenvalue weighted by Gasteiger charge is -2.00. The summed E-state index contributed by atoms with van der Waals surface area (Å²) in [5.74, 6) is 0.239. The number of allylic oxidation sites excluding steroid dienone is 1. The van der Waals surface area contributed by atoms with Crippen molar-refractivity contribution in [3.05, 3.63) is 39.6 Å². The van der Waals surface area contributed by atoms with Gasteiger partial charge in [-0.2, -0.15) is 0 Å². The lowest BCUT2D eigenvalue weighted by molar-refractivity contribution is 0.606. The molecule has 1 aromatic rings. The molecule has 1 aromatic carbocycles. The molecule has 80 valence electrons. The van der Waals surface area contributed by atoms with Crippen LogP contribution in [0, 0.1) is 0 Å². The first-order valence-electron chi connectivity index (χ1n) is 4.42. The second kappa shape index (κ2) is 4.20. The van der Waals surface area contributed by atoms with E-state index < -0.39 is 9.84 Å². The molecule has 0 aromatic heterocycles. The quantitative estimate of drug-likeness (QED) is 0.820. The molecule has 5 heteroatoms. The van der Waals surface area contributed by atoms with Gasteiger partial charge in [-0.05, 0) is 30.7 Å². The summed E-state index contributed by atoms with van der Waals surface area (Å²) >= 11 is 7.24. The molecule has 2 nitrogen and oxygen atoms in total. The van der Waals surface area contributed by atoms with Crippen molar-refractivity contribution in [1.82, 2.24) is 0 Å². The van der Waals surface area contributed by atoms with Gasteiger partial charge < -0.3 is 0 Å². The van der Waals surface area contributed by atoms with E-state index in [1.165, 1.54) is 17.2 Å². The van der Waals surface area contributed by atoms with Gasteiger partial charge in [0, 0.05) is 20.2 Å². The van der Waals surface area contributed by atoms with E-state index in [0.29, 0.717) is 11.4 Å². The Kier molecular flexibility index (Phi) is 3.09. The van der Waals surface area contributed by atoms with Crippen molar-refractivity contribution < 1.29 is 8.42 Å². The first-order valence-corrected chi connectivity index (χ1v) is 7.33.